The van der Waals surface area contributed by atoms with Crippen molar-refractivity contribution in [2.75, 3.05) is 6.54 Å². The second-order valence-electron chi connectivity index (χ2n) is 2.84. The van der Waals surface area contributed by atoms with Crippen LogP contribution in [0.25, 0.3) is 0 Å². The van der Waals surface area contributed by atoms with Crippen molar-refractivity contribution >= 4 is 0 Å². The Bertz CT molecular complexity index is 85.0. The summed E-state index contributed by atoms with van der Waals surface area (Å²) in [6.45, 7) is 0.767. The SMILES string of the molecule is NCCC[C@@H]1CC[C@@H]1O. The molecule has 0 unspecified atom stereocenters. The highest BCUT2D eigenvalue weighted by atomic mass is 16.3. The lowest BCUT2D eigenvalue weighted by molar-refractivity contribution is 0.0188. The Labute approximate surface area is 56.1 Å². The van der Waals surface area contributed by atoms with E-state index in [0.29, 0.717) is 5.92 Å². The van der Waals surface area contributed by atoms with E-state index < -0.39 is 0 Å². The molecule has 2 nitrogen and oxygen atoms in total. The van der Waals surface area contributed by atoms with Crippen LogP contribution in [-0.2, 0) is 0 Å². The third kappa shape index (κ3) is 1.66. The molecule has 0 heterocycles. The van der Waals surface area contributed by atoms with E-state index in [9.17, 15) is 0 Å². The average molecular weight is 129 g/mol. The van der Waals surface area contributed by atoms with Gasteiger partial charge in [0.05, 0.1) is 6.10 Å². The van der Waals surface area contributed by atoms with Gasteiger partial charge in [-0.2, -0.15) is 0 Å². The van der Waals surface area contributed by atoms with Crippen molar-refractivity contribution in [2.24, 2.45) is 11.7 Å². The maximum atomic E-state index is 9.09. The van der Waals surface area contributed by atoms with Gasteiger partial charge in [0.2, 0.25) is 0 Å². The van der Waals surface area contributed by atoms with E-state index in [4.69, 9.17) is 10.8 Å². The predicted molar refractivity (Wildman–Crippen MR) is 37.0 cm³/mol. The fraction of sp³-hybridized carbons (Fsp3) is 1.00. The van der Waals surface area contributed by atoms with Crippen LogP contribution in [0.2, 0.25) is 0 Å². The molecule has 2 heteroatoms. The Morgan fingerprint density at radius 2 is 2.22 bits per heavy atom. The molecule has 0 aromatic heterocycles. The highest BCUT2D eigenvalue weighted by Crippen LogP contribution is 2.30. The number of aliphatic hydroxyl groups is 1. The van der Waals surface area contributed by atoms with Gasteiger partial charge in [0.1, 0.15) is 0 Å². The second kappa shape index (κ2) is 3.18. The molecule has 1 aliphatic rings. The molecule has 0 bridgehead atoms. The number of hydrogen-bond acceptors (Lipinski definition) is 2. The summed E-state index contributed by atoms with van der Waals surface area (Å²) in [6, 6.07) is 0. The van der Waals surface area contributed by atoms with E-state index in [0.717, 1.165) is 25.8 Å². The van der Waals surface area contributed by atoms with Gasteiger partial charge in [-0.3, -0.25) is 0 Å². The summed E-state index contributed by atoms with van der Waals surface area (Å²) in [5.41, 5.74) is 5.32. The summed E-state index contributed by atoms with van der Waals surface area (Å²) in [6.07, 6.45) is 4.41. The zero-order valence-electron chi connectivity index (χ0n) is 5.71. The average Bonchev–Trinajstić information content (AvgIpc) is 1.86. The third-order valence-corrected chi connectivity index (χ3v) is 2.16. The van der Waals surface area contributed by atoms with E-state index in [1.54, 1.807) is 0 Å². The summed E-state index contributed by atoms with van der Waals surface area (Å²) in [5, 5.41) is 9.09. The maximum absolute atomic E-state index is 9.09. The van der Waals surface area contributed by atoms with Crippen LogP contribution >= 0.6 is 0 Å². The van der Waals surface area contributed by atoms with E-state index in [2.05, 4.69) is 0 Å². The van der Waals surface area contributed by atoms with Crippen molar-refractivity contribution < 1.29 is 5.11 Å². The lowest BCUT2D eigenvalue weighted by Gasteiger charge is -2.32. The molecule has 9 heavy (non-hydrogen) atoms. The van der Waals surface area contributed by atoms with Crippen molar-refractivity contribution in [3.63, 3.8) is 0 Å². The first kappa shape index (κ1) is 7.03. The lowest BCUT2D eigenvalue weighted by atomic mass is 9.79. The Hall–Kier alpha value is -0.0800. The molecule has 0 saturated heterocycles. The Balaban J connectivity index is 1.99. The fourth-order valence-electron chi connectivity index (χ4n) is 1.27. The van der Waals surface area contributed by atoms with Gasteiger partial charge >= 0.3 is 0 Å². The highest BCUT2D eigenvalue weighted by Gasteiger charge is 2.27. The van der Waals surface area contributed by atoms with Crippen molar-refractivity contribution in [1.82, 2.24) is 0 Å². The normalized spacial score (nSPS) is 34.0. The minimum Gasteiger partial charge on any atom is -0.393 e. The maximum Gasteiger partial charge on any atom is 0.0568 e. The van der Waals surface area contributed by atoms with Crippen molar-refractivity contribution in [2.45, 2.75) is 31.8 Å². The highest BCUT2D eigenvalue weighted by molar-refractivity contribution is 4.79. The van der Waals surface area contributed by atoms with Gasteiger partial charge in [-0.05, 0) is 38.1 Å². The first-order chi connectivity index (χ1) is 4.34. The molecule has 0 aliphatic heterocycles. The third-order valence-electron chi connectivity index (χ3n) is 2.16. The van der Waals surface area contributed by atoms with Crippen LogP contribution in [0.15, 0.2) is 0 Å². The predicted octanol–water partition coefficient (Wildman–Crippen LogP) is 0.496. The topological polar surface area (TPSA) is 46.2 Å². The first-order valence-corrected chi connectivity index (χ1v) is 3.72. The Kier molecular flexibility index (Phi) is 2.49. The van der Waals surface area contributed by atoms with Crippen molar-refractivity contribution in [3.05, 3.63) is 0 Å². The fourth-order valence-corrected chi connectivity index (χ4v) is 1.27. The molecule has 0 radical (unpaired) electrons. The van der Waals surface area contributed by atoms with E-state index >= 15 is 0 Å². The van der Waals surface area contributed by atoms with E-state index in [1.165, 1.54) is 6.42 Å². The number of rotatable bonds is 3. The van der Waals surface area contributed by atoms with Gasteiger partial charge < -0.3 is 10.8 Å². The summed E-state index contributed by atoms with van der Waals surface area (Å²) in [5.74, 6) is 0.577. The van der Waals surface area contributed by atoms with Gasteiger partial charge in [-0.15, -0.1) is 0 Å². The lowest BCUT2D eigenvalue weighted by Crippen LogP contribution is -2.31. The molecule has 0 aromatic carbocycles. The molecule has 54 valence electrons. The summed E-state index contributed by atoms with van der Waals surface area (Å²) in [4.78, 5) is 0. The molecular weight excluding hydrogens is 114 g/mol. The molecule has 0 amide bonds. The van der Waals surface area contributed by atoms with Gasteiger partial charge in [0.25, 0.3) is 0 Å². The molecule has 1 fully saturated rings. The molecule has 1 aliphatic carbocycles. The summed E-state index contributed by atoms with van der Waals surface area (Å²) in [7, 11) is 0. The van der Waals surface area contributed by atoms with Gasteiger partial charge in [0, 0.05) is 0 Å². The Morgan fingerprint density at radius 1 is 1.44 bits per heavy atom. The molecule has 1 rings (SSSR count). The second-order valence-corrected chi connectivity index (χ2v) is 2.84. The first-order valence-electron chi connectivity index (χ1n) is 3.72. The number of hydrogen-bond donors (Lipinski definition) is 2. The zero-order chi connectivity index (χ0) is 6.69. The Morgan fingerprint density at radius 3 is 2.56 bits per heavy atom. The van der Waals surface area contributed by atoms with Crippen molar-refractivity contribution in [3.8, 4) is 0 Å². The van der Waals surface area contributed by atoms with Gasteiger partial charge in [0.15, 0.2) is 0 Å². The number of nitrogens with two attached hydrogens (primary N) is 1. The van der Waals surface area contributed by atoms with Crippen LogP contribution in [-0.4, -0.2) is 17.8 Å². The van der Waals surface area contributed by atoms with Crippen LogP contribution < -0.4 is 5.73 Å². The monoisotopic (exact) mass is 129 g/mol. The smallest absolute Gasteiger partial charge is 0.0568 e. The minimum absolute atomic E-state index is 0.00319. The quantitative estimate of drug-likeness (QED) is 0.582. The van der Waals surface area contributed by atoms with Crippen molar-refractivity contribution in [1.29, 1.82) is 0 Å². The standard InChI is InChI=1S/C7H15NO/c8-5-1-2-6-3-4-7(6)9/h6-7,9H,1-5,8H2/t6-,7+/m1/s1. The summed E-state index contributed by atoms with van der Waals surface area (Å²) >= 11 is 0. The molecular formula is C7H15NO. The van der Waals surface area contributed by atoms with E-state index in [-0.39, 0.29) is 6.10 Å². The summed E-state index contributed by atoms with van der Waals surface area (Å²) < 4.78 is 0. The van der Waals surface area contributed by atoms with Crippen LogP contribution in [0.1, 0.15) is 25.7 Å². The van der Waals surface area contributed by atoms with Crippen LogP contribution in [0.4, 0.5) is 0 Å². The van der Waals surface area contributed by atoms with Crippen LogP contribution in [0, 0.1) is 5.92 Å². The largest absolute Gasteiger partial charge is 0.393 e. The minimum atomic E-state index is -0.00319. The van der Waals surface area contributed by atoms with Crippen LogP contribution in [0.3, 0.4) is 0 Å². The molecule has 0 aromatic rings. The number of aliphatic hydroxyl groups excluding tert-OH is 1. The molecule has 2 atom stereocenters. The van der Waals surface area contributed by atoms with Crippen LogP contribution in [0.5, 0.6) is 0 Å². The van der Waals surface area contributed by atoms with Gasteiger partial charge in [-0.25, -0.2) is 0 Å². The molecule has 1 saturated carbocycles. The zero-order valence-corrected chi connectivity index (χ0v) is 5.71. The van der Waals surface area contributed by atoms with E-state index in [1.807, 2.05) is 0 Å². The molecule has 3 N–H and O–H groups in total. The molecule has 0 spiro atoms. The van der Waals surface area contributed by atoms with Gasteiger partial charge in [-0.1, -0.05) is 0 Å².